The average molecular weight is 290 g/mol. The maximum absolute atomic E-state index is 6.19. The van der Waals surface area contributed by atoms with E-state index in [9.17, 15) is 0 Å². The minimum atomic E-state index is -0.203. The van der Waals surface area contributed by atoms with Gasteiger partial charge in [0, 0.05) is 6.54 Å². The van der Waals surface area contributed by atoms with Gasteiger partial charge in [-0.05, 0) is 13.3 Å². The standard InChI is InChI=1S/C13H21Cl2N3/c1-3-4-5-6-7-8-16-13-11(15)12(10(2)14)17-9-18-13/h9-10H,3-8H2,1-2H3,(H,16,17,18). The van der Waals surface area contributed by atoms with Crippen LogP contribution in [0.15, 0.2) is 6.33 Å². The molecular weight excluding hydrogens is 269 g/mol. The van der Waals surface area contributed by atoms with Crippen molar-refractivity contribution in [2.24, 2.45) is 0 Å². The average Bonchev–Trinajstić information content (AvgIpc) is 2.35. The van der Waals surface area contributed by atoms with E-state index in [0.717, 1.165) is 13.0 Å². The number of anilines is 1. The predicted octanol–water partition coefficient (Wildman–Crippen LogP) is 4.81. The van der Waals surface area contributed by atoms with Crippen molar-refractivity contribution in [3.8, 4) is 0 Å². The predicted molar refractivity (Wildman–Crippen MR) is 78.6 cm³/mol. The van der Waals surface area contributed by atoms with Crippen LogP contribution in [-0.4, -0.2) is 16.5 Å². The number of hydrogen-bond donors (Lipinski definition) is 1. The van der Waals surface area contributed by atoms with Gasteiger partial charge in [0.2, 0.25) is 0 Å². The summed E-state index contributed by atoms with van der Waals surface area (Å²) in [6.45, 7) is 4.95. The molecule has 5 heteroatoms. The summed E-state index contributed by atoms with van der Waals surface area (Å²) < 4.78 is 0. The molecule has 0 aliphatic heterocycles. The lowest BCUT2D eigenvalue weighted by atomic mass is 10.1. The molecule has 0 spiro atoms. The third-order valence-corrected chi connectivity index (χ3v) is 3.35. The normalized spacial score (nSPS) is 12.4. The van der Waals surface area contributed by atoms with E-state index in [0.29, 0.717) is 16.5 Å². The van der Waals surface area contributed by atoms with E-state index in [1.807, 2.05) is 6.92 Å². The molecule has 0 fully saturated rings. The summed E-state index contributed by atoms with van der Waals surface area (Å²) in [4.78, 5) is 8.23. The van der Waals surface area contributed by atoms with Gasteiger partial charge in [0.15, 0.2) is 0 Å². The minimum absolute atomic E-state index is 0.203. The Kier molecular flexibility index (Phi) is 7.36. The van der Waals surface area contributed by atoms with Crippen molar-refractivity contribution < 1.29 is 0 Å². The van der Waals surface area contributed by atoms with Crippen molar-refractivity contribution in [3.63, 3.8) is 0 Å². The summed E-state index contributed by atoms with van der Waals surface area (Å²) in [5.41, 5.74) is 0.682. The van der Waals surface area contributed by atoms with Crippen molar-refractivity contribution >= 4 is 29.0 Å². The Morgan fingerprint density at radius 1 is 1.22 bits per heavy atom. The van der Waals surface area contributed by atoms with Crippen LogP contribution in [-0.2, 0) is 0 Å². The zero-order valence-electron chi connectivity index (χ0n) is 11.0. The second kappa shape index (κ2) is 8.54. The first-order valence-electron chi connectivity index (χ1n) is 6.55. The molecule has 0 aliphatic carbocycles. The van der Waals surface area contributed by atoms with Gasteiger partial charge in [0.05, 0.1) is 11.1 Å². The minimum Gasteiger partial charge on any atom is -0.369 e. The van der Waals surface area contributed by atoms with E-state index in [-0.39, 0.29) is 5.38 Å². The molecule has 0 bridgehead atoms. The summed E-state index contributed by atoms with van der Waals surface area (Å²) in [6, 6.07) is 0. The van der Waals surface area contributed by atoms with E-state index in [2.05, 4.69) is 22.2 Å². The molecule has 0 saturated carbocycles. The van der Waals surface area contributed by atoms with Crippen LogP contribution in [0, 0.1) is 0 Å². The van der Waals surface area contributed by atoms with Crippen molar-refractivity contribution in [2.75, 3.05) is 11.9 Å². The summed E-state index contributed by atoms with van der Waals surface area (Å²) in [5, 5.41) is 3.58. The number of hydrogen-bond acceptors (Lipinski definition) is 3. The first kappa shape index (κ1) is 15.5. The third-order valence-electron chi connectivity index (χ3n) is 2.77. The summed E-state index contributed by atoms with van der Waals surface area (Å²) in [7, 11) is 0. The molecule has 1 atom stereocenters. The van der Waals surface area contributed by atoms with Crippen LogP contribution in [0.2, 0.25) is 5.02 Å². The number of nitrogens with one attached hydrogen (secondary N) is 1. The first-order valence-corrected chi connectivity index (χ1v) is 7.36. The van der Waals surface area contributed by atoms with E-state index < -0.39 is 0 Å². The fraction of sp³-hybridized carbons (Fsp3) is 0.692. The number of aromatic nitrogens is 2. The van der Waals surface area contributed by atoms with Gasteiger partial charge in [0.1, 0.15) is 17.2 Å². The van der Waals surface area contributed by atoms with Gasteiger partial charge in [-0.1, -0.05) is 44.2 Å². The Balaban J connectivity index is 2.40. The van der Waals surface area contributed by atoms with Crippen LogP contribution < -0.4 is 5.32 Å². The molecule has 1 unspecified atom stereocenters. The molecule has 1 N–H and O–H groups in total. The fourth-order valence-electron chi connectivity index (χ4n) is 1.72. The summed E-state index contributed by atoms with van der Waals surface area (Å²) in [6.07, 6.45) is 7.73. The quantitative estimate of drug-likeness (QED) is 0.551. The van der Waals surface area contributed by atoms with Crippen molar-refractivity contribution in [1.82, 2.24) is 9.97 Å². The number of rotatable bonds is 8. The van der Waals surface area contributed by atoms with Crippen molar-refractivity contribution in [2.45, 2.75) is 51.3 Å². The van der Waals surface area contributed by atoms with Crippen LogP contribution in [0.4, 0.5) is 5.82 Å². The number of nitrogens with zero attached hydrogens (tertiary/aromatic N) is 2. The van der Waals surface area contributed by atoms with Gasteiger partial charge in [-0.2, -0.15) is 0 Å². The van der Waals surface area contributed by atoms with Crippen molar-refractivity contribution in [3.05, 3.63) is 17.0 Å². The number of unbranched alkanes of at least 4 members (excludes halogenated alkanes) is 4. The van der Waals surface area contributed by atoms with E-state index >= 15 is 0 Å². The molecule has 102 valence electrons. The Morgan fingerprint density at radius 2 is 1.94 bits per heavy atom. The highest BCUT2D eigenvalue weighted by Gasteiger charge is 2.12. The zero-order valence-corrected chi connectivity index (χ0v) is 12.6. The van der Waals surface area contributed by atoms with Gasteiger partial charge in [-0.25, -0.2) is 9.97 Å². The molecule has 1 aromatic rings. The Morgan fingerprint density at radius 3 is 2.61 bits per heavy atom. The van der Waals surface area contributed by atoms with Gasteiger partial charge in [-0.15, -0.1) is 11.6 Å². The Labute approximate surface area is 119 Å². The van der Waals surface area contributed by atoms with Crippen LogP contribution in [0.25, 0.3) is 0 Å². The monoisotopic (exact) mass is 289 g/mol. The fourth-order valence-corrected chi connectivity index (χ4v) is 2.27. The largest absolute Gasteiger partial charge is 0.369 e. The molecule has 0 aromatic carbocycles. The van der Waals surface area contributed by atoms with E-state index in [1.165, 1.54) is 32.0 Å². The highest BCUT2D eigenvalue weighted by molar-refractivity contribution is 6.34. The lowest BCUT2D eigenvalue weighted by Crippen LogP contribution is -2.06. The first-order chi connectivity index (χ1) is 8.66. The number of halogens is 2. The second-order valence-corrected chi connectivity index (χ2v) is 5.41. The highest BCUT2D eigenvalue weighted by atomic mass is 35.5. The molecule has 1 rings (SSSR count). The maximum atomic E-state index is 6.19. The molecular formula is C13H21Cl2N3. The molecule has 1 aromatic heterocycles. The third kappa shape index (κ3) is 4.99. The molecule has 18 heavy (non-hydrogen) atoms. The molecule has 0 radical (unpaired) electrons. The van der Waals surface area contributed by atoms with Crippen LogP contribution >= 0.6 is 23.2 Å². The van der Waals surface area contributed by atoms with Gasteiger partial charge in [0.25, 0.3) is 0 Å². The smallest absolute Gasteiger partial charge is 0.148 e. The topological polar surface area (TPSA) is 37.8 Å². The Hall–Kier alpha value is -0.540. The lowest BCUT2D eigenvalue weighted by Gasteiger charge is -2.10. The SMILES string of the molecule is CCCCCCCNc1ncnc(C(C)Cl)c1Cl. The van der Waals surface area contributed by atoms with E-state index in [4.69, 9.17) is 23.2 Å². The highest BCUT2D eigenvalue weighted by Crippen LogP contribution is 2.29. The van der Waals surface area contributed by atoms with E-state index in [1.54, 1.807) is 0 Å². The van der Waals surface area contributed by atoms with Gasteiger partial charge >= 0.3 is 0 Å². The lowest BCUT2D eigenvalue weighted by molar-refractivity contribution is 0.644. The van der Waals surface area contributed by atoms with Crippen LogP contribution in [0.3, 0.4) is 0 Å². The zero-order chi connectivity index (χ0) is 13.4. The van der Waals surface area contributed by atoms with Gasteiger partial charge < -0.3 is 5.32 Å². The van der Waals surface area contributed by atoms with Gasteiger partial charge in [-0.3, -0.25) is 0 Å². The van der Waals surface area contributed by atoms with Crippen molar-refractivity contribution in [1.29, 1.82) is 0 Å². The molecule has 1 heterocycles. The van der Waals surface area contributed by atoms with Crippen LogP contribution in [0.5, 0.6) is 0 Å². The molecule has 0 aliphatic rings. The summed E-state index contributed by atoms with van der Waals surface area (Å²) in [5.74, 6) is 0.685. The molecule has 3 nitrogen and oxygen atoms in total. The second-order valence-electron chi connectivity index (χ2n) is 4.38. The molecule has 0 amide bonds. The number of alkyl halides is 1. The summed E-state index contributed by atoms with van der Waals surface area (Å²) >= 11 is 12.2. The molecule has 0 saturated heterocycles. The maximum Gasteiger partial charge on any atom is 0.148 e. The Bertz CT molecular complexity index is 356. The van der Waals surface area contributed by atoms with Crippen LogP contribution in [0.1, 0.15) is 57.0 Å².